The van der Waals surface area contributed by atoms with Crippen molar-refractivity contribution in [2.24, 2.45) is 11.7 Å². The average Bonchev–Trinajstić information content (AvgIpc) is 2.73. The van der Waals surface area contributed by atoms with Gasteiger partial charge in [-0.15, -0.1) is 0 Å². The molecule has 2 saturated heterocycles. The quantitative estimate of drug-likeness (QED) is 0.865. The van der Waals surface area contributed by atoms with Crippen LogP contribution >= 0.6 is 0 Å². The van der Waals surface area contributed by atoms with Crippen molar-refractivity contribution >= 4 is 11.9 Å². The number of benzene rings is 1. The average molecular weight is 387 g/mol. The molecule has 2 aliphatic heterocycles. The van der Waals surface area contributed by atoms with Crippen LogP contribution in [0.5, 0.6) is 0 Å². The van der Waals surface area contributed by atoms with E-state index >= 15 is 0 Å². The van der Waals surface area contributed by atoms with Gasteiger partial charge in [-0.05, 0) is 44.6 Å². The Bertz CT molecular complexity index is 656. The largest absolute Gasteiger partial charge is 0.338 e. The third-order valence-electron chi connectivity index (χ3n) is 6.14. The summed E-state index contributed by atoms with van der Waals surface area (Å²) in [5, 5.41) is 0. The van der Waals surface area contributed by atoms with Gasteiger partial charge in [0.1, 0.15) is 0 Å². The topological polar surface area (TPSA) is 69.9 Å². The number of likely N-dealkylation sites (tertiary alicyclic amines) is 2. The van der Waals surface area contributed by atoms with E-state index in [4.69, 9.17) is 5.73 Å². The monoisotopic (exact) mass is 386 g/mol. The molecule has 0 radical (unpaired) electrons. The molecule has 2 unspecified atom stereocenters. The van der Waals surface area contributed by atoms with Crippen LogP contribution in [0.2, 0.25) is 0 Å². The van der Waals surface area contributed by atoms with Gasteiger partial charge in [0.2, 0.25) is 5.91 Å². The summed E-state index contributed by atoms with van der Waals surface area (Å²) in [6.45, 7) is 4.71. The van der Waals surface area contributed by atoms with Crippen molar-refractivity contribution in [1.82, 2.24) is 14.7 Å². The molecule has 3 amide bonds. The Morgan fingerprint density at radius 3 is 2.43 bits per heavy atom. The zero-order valence-electron chi connectivity index (χ0n) is 17.2. The molecule has 154 valence electrons. The van der Waals surface area contributed by atoms with E-state index in [1.807, 2.05) is 54.1 Å². The molecule has 0 spiro atoms. The lowest BCUT2D eigenvalue weighted by Crippen LogP contribution is -2.55. The molecule has 1 aromatic carbocycles. The second-order valence-electron chi connectivity index (χ2n) is 8.34. The van der Waals surface area contributed by atoms with E-state index in [1.165, 1.54) is 0 Å². The maximum atomic E-state index is 13.1. The molecule has 2 aliphatic rings. The molecule has 1 aromatic rings. The van der Waals surface area contributed by atoms with E-state index in [1.54, 1.807) is 4.90 Å². The van der Waals surface area contributed by atoms with Crippen molar-refractivity contribution in [2.75, 3.05) is 26.7 Å². The fourth-order valence-electron chi connectivity index (χ4n) is 4.50. The number of carbonyl (C=O) groups excluding carboxylic acids is 2. The molecule has 0 bridgehead atoms. The summed E-state index contributed by atoms with van der Waals surface area (Å²) >= 11 is 0. The molecular weight excluding hydrogens is 352 g/mol. The fraction of sp³-hybridized carbons (Fsp3) is 0.636. The van der Waals surface area contributed by atoms with Gasteiger partial charge in [-0.3, -0.25) is 4.79 Å². The Morgan fingerprint density at radius 2 is 1.79 bits per heavy atom. The first-order valence-corrected chi connectivity index (χ1v) is 10.6. The highest BCUT2D eigenvalue weighted by molar-refractivity contribution is 5.80. The smallest absolute Gasteiger partial charge is 0.320 e. The third-order valence-corrected chi connectivity index (χ3v) is 6.14. The number of urea groups is 1. The normalized spacial score (nSPS) is 22.0. The Morgan fingerprint density at radius 1 is 1.11 bits per heavy atom. The van der Waals surface area contributed by atoms with Gasteiger partial charge >= 0.3 is 6.03 Å². The first-order valence-electron chi connectivity index (χ1n) is 10.6. The van der Waals surface area contributed by atoms with Crippen LogP contribution < -0.4 is 5.73 Å². The molecule has 0 saturated carbocycles. The van der Waals surface area contributed by atoms with Gasteiger partial charge in [-0.2, -0.15) is 0 Å². The molecule has 2 fully saturated rings. The minimum Gasteiger partial charge on any atom is -0.338 e. The van der Waals surface area contributed by atoms with Crippen LogP contribution in [0.15, 0.2) is 30.3 Å². The third kappa shape index (κ3) is 4.85. The van der Waals surface area contributed by atoms with Crippen LogP contribution in [0.25, 0.3) is 0 Å². The number of nitrogens with two attached hydrogens (primary N) is 1. The molecule has 0 aliphatic carbocycles. The lowest BCUT2D eigenvalue weighted by Gasteiger charge is -2.41. The molecule has 28 heavy (non-hydrogen) atoms. The van der Waals surface area contributed by atoms with Crippen LogP contribution in [-0.4, -0.2) is 65.4 Å². The Hall–Kier alpha value is -2.08. The van der Waals surface area contributed by atoms with E-state index in [0.717, 1.165) is 44.2 Å². The van der Waals surface area contributed by atoms with Crippen molar-refractivity contribution in [1.29, 1.82) is 0 Å². The second-order valence-corrected chi connectivity index (χ2v) is 8.34. The van der Waals surface area contributed by atoms with E-state index in [2.05, 4.69) is 0 Å². The summed E-state index contributed by atoms with van der Waals surface area (Å²) in [4.78, 5) is 31.5. The summed E-state index contributed by atoms with van der Waals surface area (Å²) in [5.74, 6) is 0.259. The van der Waals surface area contributed by atoms with Crippen LogP contribution in [0.3, 0.4) is 0 Å². The Kier molecular flexibility index (Phi) is 6.94. The van der Waals surface area contributed by atoms with Gasteiger partial charge in [0.15, 0.2) is 0 Å². The number of rotatable bonds is 4. The number of carbonyl (C=O) groups is 2. The molecular formula is C22H34N4O2. The Labute approximate surface area is 168 Å². The van der Waals surface area contributed by atoms with Gasteiger partial charge in [0.25, 0.3) is 0 Å². The van der Waals surface area contributed by atoms with Crippen molar-refractivity contribution in [3.05, 3.63) is 35.9 Å². The van der Waals surface area contributed by atoms with Crippen LogP contribution in [0.4, 0.5) is 4.79 Å². The number of amides is 3. The van der Waals surface area contributed by atoms with Crippen molar-refractivity contribution in [2.45, 2.75) is 57.7 Å². The lowest BCUT2D eigenvalue weighted by atomic mass is 9.91. The molecule has 3 rings (SSSR count). The summed E-state index contributed by atoms with van der Waals surface area (Å²) in [6, 6.07) is 10.2. The molecule has 0 aromatic heterocycles. The summed E-state index contributed by atoms with van der Waals surface area (Å²) < 4.78 is 0. The van der Waals surface area contributed by atoms with Crippen LogP contribution in [0.1, 0.15) is 44.6 Å². The molecule has 2 atom stereocenters. The molecule has 6 nitrogen and oxygen atoms in total. The predicted molar refractivity (Wildman–Crippen MR) is 111 cm³/mol. The number of piperidine rings is 2. The minimum atomic E-state index is 0.0116. The van der Waals surface area contributed by atoms with E-state index in [9.17, 15) is 9.59 Å². The first-order chi connectivity index (χ1) is 13.5. The molecule has 6 heteroatoms. The first kappa shape index (κ1) is 20.6. The maximum Gasteiger partial charge on any atom is 0.320 e. The van der Waals surface area contributed by atoms with Gasteiger partial charge in [0.05, 0.1) is 0 Å². The highest BCUT2D eigenvalue weighted by Gasteiger charge is 2.35. The number of hydrogen-bond acceptors (Lipinski definition) is 3. The highest BCUT2D eigenvalue weighted by atomic mass is 16.2. The number of hydrogen-bond donors (Lipinski definition) is 1. The second kappa shape index (κ2) is 9.41. The highest BCUT2D eigenvalue weighted by Crippen LogP contribution is 2.26. The van der Waals surface area contributed by atoms with Crippen LogP contribution in [0, 0.1) is 5.92 Å². The fourth-order valence-corrected chi connectivity index (χ4v) is 4.50. The standard InChI is InChI=1S/C22H34N4O2/c1-17(23)20-10-6-7-13-26(20)21(27)19-11-14-25(15-12-19)22(28)24(2)16-18-8-4-3-5-9-18/h3-5,8-9,17,19-20H,6-7,10-16,23H2,1-2H3. The van der Waals surface area contributed by atoms with E-state index < -0.39 is 0 Å². The zero-order chi connectivity index (χ0) is 20.1. The SMILES string of the molecule is CC(N)C1CCCCN1C(=O)C1CCN(C(=O)N(C)Cc2ccccc2)CC1. The Balaban J connectivity index is 1.52. The lowest BCUT2D eigenvalue weighted by molar-refractivity contribution is -0.141. The van der Waals surface area contributed by atoms with Gasteiger partial charge < -0.3 is 20.4 Å². The summed E-state index contributed by atoms with van der Waals surface area (Å²) in [7, 11) is 1.84. The number of nitrogens with zero attached hydrogens (tertiary/aromatic N) is 3. The summed E-state index contributed by atoms with van der Waals surface area (Å²) in [5.41, 5.74) is 7.25. The summed E-state index contributed by atoms with van der Waals surface area (Å²) in [6.07, 6.45) is 4.70. The van der Waals surface area contributed by atoms with E-state index in [-0.39, 0.29) is 29.9 Å². The van der Waals surface area contributed by atoms with Gasteiger partial charge in [-0.25, -0.2) is 4.79 Å². The van der Waals surface area contributed by atoms with Gasteiger partial charge in [0, 0.05) is 51.2 Å². The minimum absolute atomic E-state index is 0.0116. The molecule has 2 heterocycles. The van der Waals surface area contributed by atoms with Crippen LogP contribution in [-0.2, 0) is 11.3 Å². The van der Waals surface area contributed by atoms with Crippen molar-refractivity contribution in [3.8, 4) is 0 Å². The predicted octanol–water partition coefficient (Wildman–Crippen LogP) is 2.68. The zero-order valence-corrected chi connectivity index (χ0v) is 17.2. The van der Waals surface area contributed by atoms with E-state index in [0.29, 0.717) is 19.6 Å². The van der Waals surface area contributed by atoms with Gasteiger partial charge in [-0.1, -0.05) is 30.3 Å². The molecule has 2 N–H and O–H groups in total. The van der Waals surface area contributed by atoms with Crippen molar-refractivity contribution < 1.29 is 9.59 Å². The van der Waals surface area contributed by atoms with Crippen molar-refractivity contribution in [3.63, 3.8) is 0 Å². The maximum absolute atomic E-state index is 13.1.